The Morgan fingerprint density at radius 1 is 1.12 bits per heavy atom. The summed E-state index contributed by atoms with van der Waals surface area (Å²) in [6.07, 6.45) is 5.30. The lowest BCUT2D eigenvalue weighted by Crippen LogP contribution is -2.59. The summed E-state index contributed by atoms with van der Waals surface area (Å²) in [6, 6.07) is 6.95. The molecule has 2 saturated carbocycles. The molecule has 0 unspecified atom stereocenters. The van der Waals surface area contributed by atoms with Gasteiger partial charge in [0.15, 0.2) is 0 Å². The number of methoxy groups -OCH3 is 1. The van der Waals surface area contributed by atoms with Crippen LogP contribution in [0.2, 0.25) is 5.02 Å². The van der Waals surface area contributed by atoms with Gasteiger partial charge in [-0.05, 0) is 61.9 Å². The SMILES string of the molecule is C=C[C@@H]1C[C@@]1(C(=O)NS(=O)(=O)C1CC1)N1C[C@H](Oc2ncc(OC)c3ccc(Cl)cc23)C[C@H]1C(=O)NC(=O)[C@H](Nc1ccc(C)nc1)C(C)(C)C. The number of benzene rings is 1. The molecule has 6 rings (SSSR count). The van der Waals surface area contributed by atoms with Crippen LogP contribution < -0.4 is 24.8 Å². The van der Waals surface area contributed by atoms with E-state index in [9.17, 15) is 22.8 Å². The van der Waals surface area contributed by atoms with Crippen molar-refractivity contribution in [3.63, 3.8) is 0 Å². The number of aromatic nitrogens is 2. The van der Waals surface area contributed by atoms with Gasteiger partial charge in [0.1, 0.15) is 23.4 Å². The number of aryl methyl sites for hydroxylation is 1. The summed E-state index contributed by atoms with van der Waals surface area (Å²) in [5.74, 6) is -1.64. The van der Waals surface area contributed by atoms with E-state index in [0.717, 1.165) is 5.69 Å². The number of likely N-dealkylation sites (tertiary alicyclic amines) is 1. The third-order valence-corrected chi connectivity index (χ3v) is 11.9. The van der Waals surface area contributed by atoms with Crippen molar-refractivity contribution in [3.8, 4) is 11.6 Å². The number of anilines is 1. The van der Waals surface area contributed by atoms with Crippen LogP contribution in [0.4, 0.5) is 5.69 Å². The summed E-state index contributed by atoms with van der Waals surface area (Å²) < 4.78 is 40.1. The Morgan fingerprint density at radius 3 is 2.47 bits per heavy atom. The predicted octanol–water partition coefficient (Wildman–Crippen LogP) is 4.14. The maximum absolute atomic E-state index is 14.2. The van der Waals surface area contributed by atoms with E-state index in [0.29, 0.717) is 40.1 Å². The summed E-state index contributed by atoms with van der Waals surface area (Å²) in [5.41, 5.74) is -0.604. The van der Waals surface area contributed by atoms with Gasteiger partial charge < -0.3 is 14.8 Å². The topological polar surface area (TPSA) is 169 Å². The number of nitrogens with zero attached hydrogens (tertiary/aromatic N) is 3. The first-order valence-electron chi connectivity index (χ1n) is 16.9. The van der Waals surface area contributed by atoms with Crippen LogP contribution in [-0.4, -0.2) is 83.6 Å². The molecule has 13 nitrogen and oxygen atoms in total. The van der Waals surface area contributed by atoms with Crippen molar-refractivity contribution in [2.75, 3.05) is 19.0 Å². The van der Waals surface area contributed by atoms with Gasteiger partial charge in [-0.1, -0.05) is 38.4 Å². The molecule has 2 aromatic heterocycles. The van der Waals surface area contributed by atoms with Crippen LogP contribution >= 0.6 is 11.6 Å². The van der Waals surface area contributed by atoms with Crippen LogP contribution in [-0.2, 0) is 24.4 Å². The maximum Gasteiger partial charge on any atom is 0.254 e. The fraction of sp³-hybridized carbons (Fsp3) is 0.472. The number of pyridine rings is 2. The van der Waals surface area contributed by atoms with Gasteiger partial charge in [-0.2, -0.15) is 0 Å². The van der Waals surface area contributed by atoms with E-state index < -0.39 is 68.1 Å². The fourth-order valence-electron chi connectivity index (χ4n) is 6.78. The van der Waals surface area contributed by atoms with E-state index in [4.69, 9.17) is 21.1 Å². The molecule has 1 aliphatic heterocycles. The van der Waals surface area contributed by atoms with E-state index >= 15 is 0 Å². The molecule has 5 atom stereocenters. The molecule has 51 heavy (non-hydrogen) atoms. The summed E-state index contributed by atoms with van der Waals surface area (Å²) in [7, 11) is -2.37. The number of halogens is 1. The molecule has 3 amide bonds. The van der Waals surface area contributed by atoms with Gasteiger partial charge in [-0.3, -0.25) is 34.3 Å². The molecular formula is C36H43ClN6O7S. The van der Waals surface area contributed by atoms with Crippen molar-refractivity contribution in [2.45, 2.75) is 82.4 Å². The lowest BCUT2D eigenvalue weighted by atomic mass is 9.86. The number of hydrogen-bond acceptors (Lipinski definition) is 11. The Balaban J connectivity index is 1.31. The summed E-state index contributed by atoms with van der Waals surface area (Å²) in [4.78, 5) is 52.5. The smallest absolute Gasteiger partial charge is 0.254 e. The molecular weight excluding hydrogens is 696 g/mol. The number of carbonyl (C=O) groups is 3. The minimum atomic E-state index is -3.90. The van der Waals surface area contributed by atoms with E-state index in [-0.39, 0.29) is 25.3 Å². The molecule has 0 radical (unpaired) electrons. The Bertz CT molecular complexity index is 1980. The molecule has 2 aliphatic carbocycles. The maximum atomic E-state index is 14.2. The first-order chi connectivity index (χ1) is 24.1. The molecule has 3 N–H and O–H groups in total. The Morgan fingerprint density at radius 2 is 1.86 bits per heavy atom. The van der Waals surface area contributed by atoms with Crippen molar-refractivity contribution in [1.29, 1.82) is 0 Å². The zero-order valence-corrected chi connectivity index (χ0v) is 30.8. The van der Waals surface area contributed by atoms with Gasteiger partial charge in [0.2, 0.25) is 27.7 Å². The van der Waals surface area contributed by atoms with E-state index in [1.54, 1.807) is 35.4 Å². The number of amides is 3. The number of rotatable bonds is 12. The monoisotopic (exact) mass is 738 g/mol. The lowest BCUT2D eigenvalue weighted by Gasteiger charge is -2.34. The van der Waals surface area contributed by atoms with Gasteiger partial charge in [0, 0.05) is 40.4 Å². The number of hydrogen-bond donors (Lipinski definition) is 3. The number of imide groups is 1. The van der Waals surface area contributed by atoms with Gasteiger partial charge in [0.05, 0.1) is 36.5 Å². The normalized spacial score (nSPS) is 24.0. The van der Waals surface area contributed by atoms with Crippen molar-refractivity contribution in [1.82, 2.24) is 24.9 Å². The molecule has 3 aliphatic rings. The molecule has 272 valence electrons. The molecule has 3 aromatic rings. The highest BCUT2D eigenvalue weighted by molar-refractivity contribution is 7.91. The molecule has 1 aromatic carbocycles. The molecule has 0 spiro atoms. The zero-order valence-electron chi connectivity index (χ0n) is 29.2. The fourth-order valence-corrected chi connectivity index (χ4v) is 8.31. The highest BCUT2D eigenvalue weighted by Crippen LogP contribution is 2.53. The number of ether oxygens (including phenoxy) is 2. The zero-order chi connectivity index (χ0) is 36.9. The van der Waals surface area contributed by atoms with E-state index in [1.807, 2.05) is 39.8 Å². The molecule has 1 saturated heterocycles. The first kappa shape index (κ1) is 36.5. The number of sulfonamides is 1. The van der Waals surface area contributed by atoms with E-state index in [2.05, 4.69) is 31.9 Å². The third kappa shape index (κ3) is 7.40. The van der Waals surface area contributed by atoms with Crippen LogP contribution in [0, 0.1) is 18.3 Å². The van der Waals surface area contributed by atoms with Crippen molar-refractivity contribution in [2.24, 2.45) is 11.3 Å². The second-order valence-corrected chi connectivity index (χ2v) is 17.0. The van der Waals surface area contributed by atoms with Gasteiger partial charge >= 0.3 is 0 Å². The van der Waals surface area contributed by atoms with Gasteiger partial charge in [-0.25, -0.2) is 13.4 Å². The van der Waals surface area contributed by atoms with Crippen LogP contribution in [0.25, 0.3) is 10.8 Å². The Labute approximate surface area is 302 Å². The molecule has 3 heterocycles. The second kappa shape index (κ2) is 13.7. The van der Waals surface area contributed by atoms with Crippen LogP contribution in [0.15, 0.2) is 55.4 Å². The number of fused-ring (bicyclic) bond motifs is 1. The van der Waals surface area contributed by atoms with Crippen LogP contribution in [0.1, 0.15) is 52.1 Å². The Kier molecular flexibility index (Phi) is 9.81. The quantitative estimate of drug-likeness (QED) is 0.228. The Hall–Kier alpha value is -4.27. The lowest BCUT2D eigenvalue weighted by molar-refractivity contribution is -0.136. The predicted molar refractivity (Wildman–Crippen MR) is 193 cm³/mol. The van der Waals surface area contributed by atoms with Crippen LogP contribution in [0.3, 0.4) is 0 Å². The molecule has 0 bridgehead atoms. The minimum Gasteiger partial charge on any atom is -0.494 e. The summed E-state index contributed by atoms with van der Waals surface area (Å²) in [5, 5.41) is 6.92. The first-order valence-corrected chi connectivity index (χ1v) is 18.8. The highest BCUT2D eigenvalue weighted by atomic mass is 35.5. The number of nitrogens with one attached hydrogen (secondary N) is 3. The standard InChI is InChI=1S/C36H43ClN6O7S/c1-7-21-16-36(21,34(46)42-51(47,48)25-11-12-25)43-19-24(50-33-27-14-22(37)9-13-26(27)29(49-6)18-39-33)15-28(43)31(44)41-32(45)30(35(3,4)5)40-23-10-8-20(2)38-17-23/h7-10,13-14,17-18,21,24-25,28,30,40H,1,11-12,15-16,19H2,2-6H3,(H,42,46)(H,41,44,45)/t21-,24-,28+,30+,36-/m1/s1. The second-order valence-electron chi connectivity index (χ2n) is 14.6. The van der Waals surface area contributed by atoms with E-state index in [1.165, 1.54) is 13.3 Å². The molecule has 3 fully saturated rings. The van der Waals surface area contributed by atoms with Gasteiger partial charge in [-0.15, -0.1) is 6.58 Å². The number of carbonyl (C=O) groups excluding carboxylic acids is 3. The van der Waals surface area contributed by atoms with Crippen molar-refractivity contribution in [3.05, 3.63) is 66.1 Å². The molecule has 15 heteroatoms. The average Bonchev–Trinajstić information content (AvgIpc) is 4.00. The third-order valence-electron chi connectivity index (χ3n) is 9.81. The van der Waals surface area contributed by atoms with Crippen molar-refractivity contribution < 1.29 is 32.3 Å². The van der Waals surface area contributed by atoms with Gasteiger partial charge in [0.25, 0.3) is 5.91 Å². The summed E-state index contributed by atoms with van der Waals surface area (Å²) >= 11 is 6.34. The largest absolute Gasteiger partial charge is 0.494 e. The minimum absolute atomic E-state index is 0.0548. The van der Waals surface area contributed by atoms with Crippen LogP contribution in [0.5, 0.6) is 11.6 Å². The highest BCUT2D eigenvalue weighted by Gasteiger charge is 2.67. The summed E-state index contributed by atoms with van der Waals surface area (Å²) in [6.45, 7) is 11.4. The van der Waals surface area contributed by atoms with Crippen molar-refractivity contribution >= 4 is 55.8 Å². The average molecular weight is 739 g/mol.